The third kappa shape index (κ3) is 1.37. The molecule has 87 valence electrons. The lowest BCUT2D eigenvalue weighted by Crippen LogP contribution is -2.14. The molecule has 0 atom stereocenters. The van der Waals surface area contributed by atoms with Gasteiger partial charge in [-0.2, -0.15) is 0 Å². The van der Waals surface area contributed by atoms with E-state index in [0.717, 1.165) is 0 Å². The average molecular weight is 238 g/mol. The number of rotatable bonds is 1. The summed E-state index contributed by atoms with van der Waals surface area (Å²) in [7, 11) is 0. The van der Waals surface area contributed by atoms with Crippen molar-refractivity contribution in [2.24, 2.45) is 5.73 Å². The van der Waals surface area contributed by atoms with Gasteiger partial charge in [0.15, 0.2) is 0 Å². The monoisotopic (exact) mass is 238 g/mol. The van der Waals surface area contributed by atoms with Crippen molar-refractivity contribution >= 4 is 27.7 Å². The Hall–Kier alpha value is -2.69. The Morgan fingerprint density at radius 3 is 2.94 bits per heavy atom. The van der Waals surface area contributed by atoms with Crippen LogP contribution in [-0.4, -0.2) is 15.9 Å². The van der Waals surface area contributed by atoms with Crippen LogP contribution < -0.4 is 11.3 Å². The van der Waals surface area contributed by atoms with E-state index in [-0.39, 0.29) is 5.56 Å². The number of benzene rings is 1. The lowest BCUT2D eigenvalue weighted by atomic mass is 10.0. The van der Waals surface area contributed by atoms with Crippen LogP contribution in [0.25, 0.3) is 21.8 Å². The van der Waals surface area contributed by atoms with E-state index >= 15 is 0 Å². The van der Waals surface area contributed by atoms with Crippen LogP contribution in [0.3, 0.4) is 0 Å². The Balaban J connectivity index is 2.67. The Kier molecular flexibility index (Phi) is 2.13. The summed E-state index contributed by atoms with van der Waals surface area (Å²) in [5, 5.41) is 1.66. The van der Waals surface area contributed by atoms with E-state index in [0.29, 0.717) is 27.4 Å². The number of amides is 1. The van der Waals surface area contributed by atoms with E-state index in [1.165, 1.54) is 12.3 Å². The number of H-pyrrole nitrogens is 1. The molecule has 3 aromatic rings. The van der Waals surface area contributed by atoms with E-state index < -0.39 is 5.91 Å². The fourth-order valence-corrected chi connectivity index (χ4v) is 2.04. The summed E-state index contributed by atoms with van der Waals surface area (Å²) in [5.74, 6) is -0.556. The number of nitrogens with one attached hydrogen (secondary N) is 1. The second-order valence-electron chi connectivity index (χ2n) is 3.87. The van der Waals surface area contributed by atoms with Crippen molar-refractivity contribution < 1.29 is 4.79 Å². The van der Waals surface area contributed by atoms with Gasteiger partial charge in [-0.05, 0) is 29.7 Å². The van der Waals surface area contributed by atoms with Gasteiger partial charge >= 0.3 is 0 Å². The Bertz CT molecular complexity index is 836. The molecule has 0 saturated heterocycles. The summed E-state index contributed by atoms with van der Waals surface area (Å²) >= 11 is 0. The number of pyridine rings is 2. The van der Waals surface area contributed by atoms with Crippen LogP contribution in [0.4, 0.5) is 0 Å². The van der Waals surface area contributed by atoms with Gasteiger partial charge in [0.05, 0.1) is 5.56 Å². The van der Waals surface area contributed by atoms with Crippen molar-refractivity contribution in [3.63, 3.8) is 0 Å². The van der Waals surface area contributed by atoms with Crippen LogP contribution in [-0.2, 0) is 0 Å². The maximum Gasteiger partial charge on any atom is 0.257 e. The van der Waals surface area contributed by atoms with Crippen molar-refractivity contribution in [2.45, 2.75) is 0 Å². The number of carbonyl (C=O) groups excluding carboxylic acids is 1. The first-order valence-corrected chi connectivity index (χ1v) is 5.29. The summed E-state index contributed by atoms with van der Waals surface area (Å²) in [5.41, 5.74) is 5.78. The molecule has 2 aromatic heterocycles. The van der Waals surface area contributed by atoms with Gasteiger partial charge in [-0.25, -0.2) is 4.98 Å². The smallest absolute Gasteiger partial charge is 0.257 e. The summed E-state index contributed by atoms with van der Waals surface area (Å²) in [4.78, 5) is 30.0. The molecular weight excluding hydrogens is 230 g/mol. The predicted molar refractivity (Wildman–Crippen MR) is 67.2 cm³/mol. The highest BCUT2D eigenvalue weighted by molar-refractivity contribution is 6.14. The van der Waals surface area contributed by atoms with Crippen molar-refractivity contribution in [1.29, 1.82) is 0 Å². The van der Waals surface area contributed by atoms with Crippen LogP contribution in [0.15, 0.2) is 35.3 Å². The van der Waals surface area contributed by atoms with Crippen molar-refractivity contribution in [2.75, 3.05) is 0 Å². The molecule has 0 bridgehead atoms. The molecule has 5 heteroatoms. The molecule has 1 radical (unpaired) electrons. The number of aromatic amines is 1. The van der Waals surface area contributed by atoms with Gasteiger partial charge in [0.2, 0.25) is 5.91 Å². The fourth-order valence-electron chi connectivity index (χ4n) is 2.04. The van der Waals surface area contributed by atoms with Gasteiger partial charge < -0.3 is 10.7 Å². The fraction of sp³-hybridized carbons (Fsp3) is 0. The molecule has 18 heavy (non-hydrogen) atoms. The highest BCUT2D eigenvalue weighted by Crippen LogP contribution is 2.22. The Morgan fingerprint density at radius 2 is 2.17 bits per heavy atom. The van der Waals surface area contributed by atoms with Gasteiger partial charge in [-0.1, -0.05) is 6.07 Å². The third-order valence-electron chi connectivity index (χ3n) is 2.83. The molecule has 0 spiro atoms. The molecule has 0 fully saturated rings. The summed E-state index contributed by atoms with van der Waals surface area (Å²) in [6, 6.07) is 9.37. The van der Waals surface area contributed by atoms with Crippen molar-refractivity contribution in [3.05, 3.63) is 52.4 Å². The molecule has 0 aliphatic carbocycles. The normalized spacial score (nSPS) is 10.9. The minimum Gasteiger partial charge on any atom is -0.366 e. The molecule has 1 aromatic carbocycles. The van der Waals surface area contributed by atoms with E-state index in [1.807, 2.05) is 0 Å². The molecular formula is C13H8N3O2. The van der Waals surface area contributed by atoms with E-state index in [4.69, 9.17) is 5.73 Å². The number of nitrogens with zero attached hydrogens (tertiary/aromatic N) is 1. The highest BCUT2D eigenvalue weighted by atomic mass is 16.1. The summed E-state index contributed by atoms with van der Waals surface area (Å²) < 4.78 is 0. The van der Waals surface area contributed by atoms with Gasteiger partial charge in [-0.15, -0.1) is 0 Å². The topological polar surface area (TPSA) is 88.8 Å². The first-order chi connectivity index (χ1) is 8.68. The number of hydrogen-bond donors (Lipinski definition) is 2. The number of primary amides is 1. The van der Waals surface area contributed by atoms with Crippen LogP contribution in [0.2, 0.25) is 0 Å². The zero-order valence-corrected chi connectivity index (χ0v) is 9.23. The van der Waals surface area contributed by atoms with E-state index in [9.17, 15) is 9.59 Å². The maximum atomic E-state index is 11.8. The first kappa shape index (κ1) is 10.5. The molecule has 0 aliphatic heterocycles. The Labute approximate surface area is 101 Å². The highest BCUT2D eigenvalue weighted by Gasteiger charge is 2.12. The molecule has 1 amide bonds. The SMILES string of the molecule is NC(=O)c1ccnc2[nH]c(=O)c3cc[c]cc3c12. The van der Waals surface area contributed by atoms with E-state index in [2.05, 4.69) is 16.0 Å². The van der Waals surface area contributed by atoms with Gasteiger partial charge in [0.1, 0.15) is 5.65 Å². The van der Waals surface area contributed by atoms with Crippen LogP contribution >= 0.6 is 0 Å². The third-order valence-corrected chi connectivity index (χ3v) is 2.83. The zero-order chi connectivity index (χ0) is 12.7. The minimum absolute atomic E-state index is 0.249. The molecule has 0 aliphatic rings. The lowest BCUT2D eigenvalue weighted by Gasteiger charge is -2.05. The average Bonchev–Trinajstić information content (AvgIpc) is 2.38. The van der Waals surface area contributed by atoms with Crippen molar-refractivity contribution in [3.8, 4) is 0 Å². The molecule has 2 heterocycles. The summed E-state index contributed by atoms with van der Waals surface area (Å²) in [6.45, 7) is 0. The van der Waals surface area contributed by atoms with Crippen LogP contribution in [0.1, 0.15) is 10.4 Å². The maximum absolute atomic E-state index is 11.8. The second-order valence-corrected chi connectivity index (χ2v) is 3.87. The van der Waals surface area contributed by atoms with E-state index in [1.54, 1.807) is 18.2 Å². The second kappa shape index (κ2) is 3.66. The molecule has 3 rings (SSSR count). The van der Waals surface area contributed by atoms with Crippen LogP contribution in [0, 0.1) is 6.07 Å². The number of nitrogens with two attached hydrogens (primary N) is 1. The number of fused-ring (bicyclic) bond motifs is 3. The standard InChI is InChI=1S/C13H8N3O2/c14-11(17)9-5-6-15-12-10(9)7-3-1-2-4-8(7)13(18)16-12/h2-6H,(H2,14,17)(H,15,16,18). The Morgan fingerprint density at radius 1 is 1.33 bits per heavy atom. The first-order valence-electron chi connectivity index (χ1n) is 5.29. The molecule has 3 N–H and O–H groups in total. The zero-order valence-electron chi connectivity index (χ0n) is 9.23. The van der Waals surface area contributed by atoms with Gasteiger partial charge in [0.25, 0.3) is 5.56 Å². The molecule has 5 nitrogen and oxygen atoms in total. The predicted octanol–water partition coefficient (Wildman–Crippen LogP) is 0.975. The van der Waals surface area contributed by atoms with Gasteiger partial charge in [-0.3, -0.25) is 9.59 Å². The lowest BCUT2D eigenvalue weighted by molar-refractivity contribution is 0.100. The number of carbonyl (C=O) groups is 1. The summed E-state index contributed by atoms with van der Waals surface area (Å²) in [6.07, 6.45) is 1.44. The van der Waals surface area contributed by atoms with Gasteiger partial charge in [0, 0.05) is 17.0 Å². The van der Waals surface area contributed by atoms with Crippen molar-refractivity contribution in [1.82, 2.24) is 9.97 Å². The minimum atomic E-state index is -0.556. The molecule has 0 saturated carbocycles. The molecule has 0 unspecified atom stereocenters. The largest absolute Gasteiger partial charge is 0.366 e. The quantitative estimate of drug-likeness (QED) is 0.619. The number of hydrogen-bond acceptors (Lipinski definition) is 3. The number of aromatic nitrogens is 2. The van der Waals surface area contributed by atoms with Crippen LogP contribution in [0.5, 0.6) is 0 Å².